The first-order valence-electron chi connectivity index (χ1n) is 6.43. The molecule has 92 valence electrons. The largest absolute Gasteiger partial charge is 0.372 e. The molecule has 2 saturated heterocycles. The van der Waals surface area contributed by atoms with Crippen LogP contribution in [0.1, 0.15) is 12.8 Å². The summed E-state index contributed by atoms with van der Waals surface area (Å²) in [5.74, 6) is 0. The van der Waals surface area contributed by atoms with Gasteiger partial charge in [0.15, 0.2) is 0 Å². The van der Waals surface area contributed by atoms with Gasteiger partial charge in [-0.3, -0.25) is 4.98 Å². The molecule has 4 nitrogen and oxygen atoms in total. The Morgan fingerprint density at radius 1 is 1.24 bits per heavy atom. The van der Waals surface area contributed by atoms with Gasteiger partial charge in [0.2, 0.25) is 0 Å². The third-order valence-electron chi connectivity index (χ3n) is 3.57. The molecule has 0 aliphatic carbocycles. The van der Waals surface area contributed by atoms with Crippen molar-refractivity contribution < 1.29 is 4.74 Å². The Kier molecular flexibility index (Phi) is 3.25. The lowest BCUT2D eigenvalue weighted by molar-refractivity contribution is 0.0116. The van der Waals surface area contributed by atoms with Crippen LogP contribution in [0.15, 0.2) is 24.5 Å². The second kappa shape index (κ2) is 5.02. The summed E-state index contributed by atoms with van der Waals surface area (Å²) in [5.41, 5.74) is 1.26. The topological polar surface area (TPSA) is 37.4 Å². The molecule has 17 heavy (non-hydrogen) atoms. The number of nitrogens with one attached hydrogen (secondary N) is 1. The summed E-state index contributed by atoms with van der Waals surface area (Å²) in [6, 6.07) is 4.14. The van der Waals surface area contributed by atoms with Gasteiger partial charge in [-0.1, -0.05) is 0 Å². The molecule has 2 unspecified atom stereocenters. The quantitative estimate of drug-likeness (QED) is 0.846. The fraction of sp³-hybridized carbons (Fsp3) is 0.615. The summed E-state index contributed by atoms with van der Waals surface area (Å²) < 4.78 is 6.10. The number of pyridine rings is 1. The van der Waals surface area contributed by atoms with E-state index >= 15 is 0 Å². The first kappa shape index (κ1) is 11.0. The fourth-order valence-electron chi connectivity index (χ4n) is 2.65. The zero-order valence-electron chi connectivity index (χ0n) is 10.0. The molecule has 4 heteroatoms. The Balaban J connectivity index is 1.55. The first-order valence-corrected chi connectivity index (χ1v) is 6.43. The zero-order valence-corrected chi connectivity index (χ0v) is 10.0. The van der Waals surface area contributed by atoms with Gasteiger partial charge in [-0.15, -0.1) is 0 Å². The van der Waals surface area contributed by atoms with E-state index in [0.29, 0.717) is 12.2 Å². The number of rotatable bonds is 3. The highest BCUT2D eigenvalue weighted by Crippen LogP contribution is 2.22. The highest BCUT2D eigenvalue weighted by Gasteiger charge is 2.27. The van der Waals surface area contributed by atoms with Crippen molar-refractivity contribution in [2.45, 2.75) is 25.0 Å². The van der Waals surface area contributed by atoms with E-state index in [1.54, 1.807) is 0 Å². The van der Waals surface area contributed by atoms with Crippen LogP contribution >= 0.6 is 0 Å². The Morgan fingerprint density at radius 3 is 2.88 bits per heavy atom. The van der Waals surface area contributed by atoms with Gasteiger partial charge >= 0.3 is 0 Å². The van der Waals surface area contributed by atoms with Crippen molar-refractivity contribution >= 4 is 5.69 Å². The van der Waals surface area contributed by atoms with E-state index in [0.717, 1.165) is 39.0 Å². The molecule has 2 aliphatic heterocycles. The molecular weight excluding hydrogens is 214 g/mol. The van der Waals surface area contributed by atoms with Gasteiger partial charge in [0.05, 0.1) is 12.2 Å². The second-order valence-corrected chi connectivity index (χ2v) is 4.81. The Morgan fingerprint density at radius 2 is 2.12 bits per heavy atom. The molecule has 3 heterocycles. The second-order valence-electron chi connectivity index (χ2n) is 4.81. The Hall–Kier alpha value is -1.13. The molecule has 2 aliphatic rings. The molecule has 0 radical (unpaired) electrons. The van der Waals surface area contributed by atoms with Crippen molar-refractivity contribution in [2.75, 3.05) is 31.1 Å². The van der Waals surface area contributed by atoms with Crippen LogP contribution in [0, 0.1) is 0 Å². The van der Waals surface area contributed by atoms with Crippen molar-refractivity contribution in [2.24, 2.45) is 0 Å². The highest BCUT2D eigenvalue weighted by atomic mass is 16.5. The van der Waals surface area contributed by atoms with E-state index in [2.05, 4.69) is 27.3 Å². The van der Waals surface area contributed by atoms with Crippen molar-refractivity contribution in [1.29, 1.82) is 0 Å². The highest BCUT2D eigenvalue weighted by molar-refractivity contribution is 5.45. The number of ether oxygens (including phenoxy) is 1. The Labute approximate surface area is 102 Å². The molecule has 1 N–H and O–H groups in total. The average Bonchev–Trinajstić information content (AvgIpc) is 3.02. The summed E-state index contributed by atoms with van der Waals surface area (Å²) in [6.07, 6.45) is 6.82. The van der Waals surface area contributed by atoms with Crippen LogP contribution < -0.4 is 10.2 Å². The van der Waals surface area contributed by atoms with Crippen LogP contribution in [-0.4, -0.2) is 43.4 Å². The first-order chi connectivity index (χ1) is 8.42. The van der Waals surface area contributed by atoms with Gasteiger partial charge in [0.25, 0.3) is 0 Å². The predicted molar refractivity (Wildman–Crippen MR) is 67.2 cm³/mol. The van der Waals surface area contributed by atoms with Gasteiger partial charge in [0, 0.05) is 37.7 Å². The van der Waals surface area contributed by atoms with E-state index in [1.165, 1.54) is 5.69 Å². The Bertz CT molecular complexity index is 351. The zero-order chi connectivity index (χ0) is 11.5. The van der Waals surface area contributed by atoms with Gasteiger partial charge in [-0.2, -0.15) is 0 Å². The van der Waals surface area contributed by atoms with Crippen LogP contribution in [0.5, 0.6) is 0 Å². The van der Waals surface area contributed by atoms with E-state index in [1.807, 2.05) is 12.4 Å². The minimum absolute atomic E-state index is 0.396. The number of aromatic nitrogens is 1. The summed E-state index contributed by atoms with van der Waals surface area (Å²) in [5, 5.41) is 3.34. The molecule has 0 spiro atoms. The number of hydrogen-bond donors (Lipinski definition) is 1. The third-order valence-corrected chi connectivity index (χ3v) is 3.57. The van der Waals surface area contributed by atoms with Gasteiger partial charge in [-0.05, 0) is 31.5 Å². The predicted octanol–water partition coefficient (Wildman–Crippen LogP) is 1.04. The van der Waals surface area contributed by atoms with E-state index in [9.17, 15) is 0 Å². The number of nitrogens with zero attached hydrogens (tertiary/aromatic N) is 2. The fourth-order valence-corrected chi connectivity index (χ4v) is 2.65. The monoisotopic (exact) mass is 233 g/mol. The van der Waals surface area contributed by atoms with E-state index < -0.39 is 0 Å². The molecule has 3 rings (SSSR count). The maximum absolute atomic E-state index is 6.10. The normalized spacial score (nSPS) is 28.8. The van der Waals surface area contributed by atoms with Crippen LogP contribution in [-0.2, 0) is 4.74 Å². The van der Waals surface area contributed by atoms with Crippen LogP contribution in [0.2, 0.25) is 0 Å². The lowest BCUT2D eigenvalue weighted by Gasteiger charge is -2.20. The van der Waals surface area contributed by atoms with Crippen molar-refractivity contribution in [3.63, 3.8) is 0 Å². The van der Waals surface area contributed by atoms with Crippen molar-refractivity contribution in [3.8, 4) is 0 Å². The SMILES string of the molecule is c1cc(N2CCC(OC3CCNC3)C2)ccn1. The molecule has 2 atom stereocenters. The summed E-state index contributed by atoms with van der Waals surface area (Å²) in [7, 11) is 0. The molecular formula is C13H19N3O. The third kappa shape index (κ3) is 2.58. The van der Waals surface area contributed by atoms with Crippen LogP contribution in [0.3, 0.4) is 0 Å². The summed E-state index contributed by atoms with van der Waals surface area (Å²) in [4.78, 5) is 6.44. The smallest absolute Gasteiger partial charge is 0.0771 e. The molecule has 0 bridgehead atoms. The maximum Gasteiger partial charge on any atom is 0.0771 e. The van der Waals surface area contributed by atoms with Crippen LogP contribution in [0.4, 0.5) is 5.69 Å². The van der Waals surface area contributed by atoms with Crippen molar-refractivity contribution in [1.82, 2.24) is 10.3 Å². The molecule has 0 saturated carbocycles. The minimum atomic E-state index is 0.396. The number of hydrogen-bond acceptors (Lipinski definition) is 4. The van der Waals surface area contributed by atoms with Gasteiger partial charge in [-0.25, -0.2) is 0 Å². The molecule has 2 fully saturated rings. The lowest BCUT2D eigenvalue weighted by atomic mass is 10.3. The van der Waals surface area contributed by atoms with Crippen LogP contribution in [0.25, 0.3) is 0 Å². The summed E-state index contributed by atoms with van der Waals surface area (Å²) in [6.45, 7) is 4.23. The van der Waals surface area contributed by atoms with E-state index in [4.69, 9.17) is 4.74 Å². The standard InChI is InChI=1S/C13H19N3O/c1-5-14-6-2-11(1)16-8-4-13(10-16)17-12-3-7-15-9-12/h1-2,5-6,12-13,15H,3-4,7-10H2. The molecule has 0 aromatic carbocycles. The van der Waals surface area contributed by atoms with Gasteiger partial charge < -0.3 is 15.0 Å². The maximum atomic E-state index is 6.10. The molecule has 0 amide bonds. The van der Waals surface area contributed by atoms with Crippen molar-refractivity contribution in [3.05, 3.63) is 24.5 Å². The average molecular weight is 233 g/mol. The number of anilines is 1. The molecule has 1 aromatic heterocycles. The lowest BCUT2D eigenvalue weighted by Crippen LogP contribution is -2.27. The van der Waals surface area contributed by atoms with E-state index in [-0.39, 0.29) is 0 Å². The minimum Gasteiger partial charge on any atom is -0.372 e. The molecule has 1 aromatic rings. The summed E-state index contributed by atoms with van der Waals surface area (Å²) >= 11 is 0. The van der Waals surface area contributed by atoms with Gasteiger partial charge in [0.1, 0.15) is 0 Å².